The number of hydrogen-bond acceptors (Lipinski definition) is 3. The largest absolute Gasteiger partial charge is 0.356 e. The van der Waals surface area contributed by atoms with Gasteiger partial charge in [-0.1, -0.05) is 42.5 Å². The predicted octanol–water partition coefficient (Wildman–Crippen LogP) is 4.76. The van der Waals surface area contributed by atoms with Gasteiger partial charge in [0.15, 0.2) is 0 Å². The molecule has 0 fully saturated rings. The van der Waals surface area contributed by atoms with Gasteiger partial charge in [0.05, 0.1) is 15.2 Å². The van der Waals surface area contributed by atoms with E-state index >= 15 is 0 Å². The second kappa shape index (κ2) is 9.33. The van der Waals surface area contributed by atoms with Crippen LogP contribution in [0.1, 0.15) is 36.3 Å². The summed E-state index contributed by atoms with van der Waals surface area (Å²) in [4.78, 5) is 16.5. The predicted molar refractivity (Wildman–Crippen MR) is 105 cm³/mol. The molecule has 25 heavy (non-hydrogen) atoms. The number of nitrogens with one attached hydrogen (secondary N) is 1. The summed E-state index contributed by atoms with van der Waals surface area (Å²) in [5.74, 6) is 0.164. The quantitative estimate of drug-likeness (QED) is 0.564. The zero-order valence-corrected chi connectivity index (χ0v) is 15.2. The first-order valence-corrected chi connectivity index (χ1v) is 9.78. The van der Waals surface area contributed by atoms with Crippen LogP contribution in [0, 0.1) is 0 Å². The molecule has 3 aromatic rings. The lowest BCUT2D eigenvalue weighted by molar-refractivity contribution is -0.121. The Morgan fingerprint density at radius 3 is 2.56 bits per heavy atom. The fraction of sp³-hybridized carbons (Fsp3) is 0.333. The van der Waals surface area contributed by atoms with Crippen LogP contribution in [-0.2, 0) is 17.6 Å². The maximum atomic E-state index is 11.9. The number of thiazole rings is 1. The van der Waals surface area contributed by atoms with Crippen molar-refractivity contribution in [2.45, 2.75) is 38.5 Å². The Bertz CT molecular complexity index is 765. The van der Waals surface area contributed by atoms with Crippen LogP contribution < -0.4 is 5.32 Å². The van der Waals surface area contributed by atoms with Crippen LogP contribution >= 0.6 is 11.3 Å². The molecule has 0 aliphatic heterocycles. The van der Waals surface area contributed by atoms with E-state index in [1.165, 1.54) is 15.3 Å². The molecule has 0 saturated carbocycles. The Balaban J connectivity index is 1.27. The van der Waals surface area contributed by atoms with E-state index in [4.69, 9.17) is 0 Å². The SMILES string of the molecule is O=C(CCCCc1nc2ccccc2s1)NCCCc1ccccc1. The van der Waals surface area contributed by atoms with Crippen LogP contribution in [0.3, 0.4) is 0 Å². The van der Waals surface area contributed by atoms with Crippen LogP contribution in [-0.4, -0.2) is 17.4 Å². The molecule has 0 spiro atoms. The van der Waals surface area contributed by atoms with E-state index in [0.717, 1.165) is 44.2 Å². The van der Waals surface area contributed by atoms with Gasteiger partial charge in [-0.3, -0.25) is 4.79 Å². The molecular formula is C21H24N2OS. The topological polar surface area (TPSA) is 42.0 Å². The lowest BCUT2D eigenvalue weighted by Gasteiger charge is -2.05. The van der Waals surface area contributed by atoms with Gasteiger partial charge in [0.1, 0.15) is 0 Å². The van der Waals surface area contributed by atoms with Gasteiger partial charge in [0, 0.05) is 13.0 Å². The number of nitrogens with zero attached hydrogens (tertiary/aromatic N) is 1. The first kappa shape index (κ1) is 17.6. The summed E-state index contributed by atoms with van der Waals surface area (Å²) >= 11 is 1.76. The van der Waals surface area contributed by atoms with E-state index < -0.39 is 0 Å². The first-order valence-electron chi connectivity index (χ1n) is 8.96. The lowest BCUT2D eigenvalue weighted by atomic mass is 10.1. The zero-order valence-electron chi connectivity index (χ0n) is 14.4. The van der Waals surface area contributed by atoms with E-state index in [1.54, 1.807) is 11.3 Å². The number of rotatable bonds is 9. The lowest BCUT2D eigenvalue weighted by Crippen LogP contribution is -2.24. The number of aromatic nitrogens is 1. The minimum atomic E-state index is 0.164. The molecule has 1 amide bonds. The van der Waals surface area contributed by atoms with Crippen LogP contribution in [0.4, 0.5) is 0 Å². The molecular weight excluding hydrogens is 328 g/mol. The van der Waals surface area contributed by atoms with E-state index in [1.807, 2.05) is 18.2 Å². The average molecular weight is 353 g/mol. The molecule has 1 N–H and O–H groups in total. The van der Waals surface area contributed by atoms with Crippen molar-refractivity contribution >= 4 is 27.5 Å². The molecule has 0 unspecified atom stereocenters. The van der Waals surface area contributed by atoms with Crippen LogP contribution in [0.2, 0.25) is 0 Å². The smallest absolute Gasteiger partial charge is 0.219 e. The highest BCUT2D eigenvalue weighted by Gasteiger charge is 2.04. The fourth-order valence-corrected chi connectivity index (χ4v) is 3.85. The molecule has 4 heteroatoms. The van der Waals surface area contributed by atoms with Crippen molar-refractivity contribution in [1.29, 1.82) is 0 Å². The Labute approximate surface area is 153 Å². The van der Waals surface area contributed by atoms with Crippen LogP contribution in [0.25, 0.3) is 10.2 Å². The molecule has 0 saturated heterocycles. The van der Waals surface area contributed by atoms with Gasteiger partial charge in [-0.25, -0.2) is 4.98 Å². The van der Waals surface area contributed by atoms with Crippen molar-refractivity contribution in [3.8, 4) is 0 Å². The molecule has 3 rings (SSSR count). The number of para-hydroxylation sites is 1. The fourth-order valence-electron chi connectivity index (χ4n) is 2.84. The highest BCUT2D eigenvalue weighted by atomic mass is 32.1. The standard InChI is InChI=1S/C21H24N2OS/c24-20(22-16-8-11-17-9-2-1-3-10-17)14-6-7-15-21-23-18-12-4-5-13-19(18)25-21/h1-5,9-10,12-13H,6-8,11,14-16H2,(H,22,24). The molecule has 0 aliphatic rings. The van der Waals surface area contributed by atoms with Gasteiger partial charge in [-0.2, -0.15) is 0 Å². The number of fused-ring (bicyclic) bond motifs is 1. The van der Waals surface area contributed by atoms with Gasteiger partial charge in [0.2, 0.25) is 5.91 Å². The van der Waals surface area contributed by atoms with Gasteiger partial charge in [-0.15, -0.1) is 11.3 Å². The third kappa shape index (κ3) is 5.68. The Morgan fingerprint density at radius 1 is 0.920 bits per heavy atom. The Morgan fingerprint density at radius 2 is 1.72 bits per heavy atom. The summed E-state index contributed by atoms with van der Waals surface area (Å²) in [5, 5.41) is 4.19. The van der Waals surface area contributed by atoms with Crippen molar-refractivity contribution in [2.75, 3.05) is 6.54 Å². The average Bonchev–Trinajstić information content (AvgIpc) is 3.06. The van der Waals surface area contributed by atoms with Crippen molar-refractivity contribution in [2.24, 2.45) is 0 Å². The zero-order chi connectivity index (χ0) is 17.3. The first-order chi connectivity index (χ1) is 12.3. The van der Waals surface area contributed by atoms with Gasteiger partial charge >= 0.3 is 0 Å². The third-order valence-corrected chi connectivity index (χ3v) is 5.29. The number of hydrogen-bond donors (Lipinski definition) is 1. The van der Waals surface area contributed by atoms with E-state index in [0.29, 0.717) is 6.42 Å². The molecule has 0 radical (unpaired) electrons. The molecule has 3 nitrogen and oxygen atoms in total. The molecule has 0 atom stereocenters. The number of amides is 1. The maximum Gasteiger partial charge on any atom is 0.219 e. The summed E-state index contributed by atoms with van der Waals surface area (Å²) in [5.41, 5.74) is 2.41. The number of aryl methyl sites for hydroxylation is 2. The summed E-state index contributed by atoms with van der Waals surface area (Å²) in [7, 11) is 0. The summed E-state index contributed by atoms with van der Waals surface area (Å²) in [6, 6.07) is 18.6. The number of unbranched alkanes of at least 4 members (excludes halogenated alkanes) is 1. The number of carbonyl (C=O) groups is 1. The molecule has 130 valence electrons. The molecule has 1 heterocycles. The van der Waals surface area contributed by atoms with Crippen LogP contribution in [0.15, 0.2) is 54.6 Å². The normalized spacial score (nSPS) is 10.9. The third-order valence-electron chi connectivity index (χ3n) is 4.19. The van der Waals surface area contributed by atoms with Gasteiger partial charge in [0.25, 0.3) is 0 Å². The van der Waals surface area contributed by atoms with Crippen molar-refractivity contribution < 1.29 is 4.79 Å². The Hall–Kier alpha value is -2.20. The number of carbonyl (C=O) groups excluding carboxylic acids is 1. The minimum Gasteiger partial charge on any atom is -0.356 e. The summed E-state index contributed by atoms with van der Waals surface area (Å²) in [6.45, 7) is 0.756. The molecule has 2 aromatic carbocycles. The van der Waals surface area contributed by atoms with Crippen molar-refractivity contribution in [3.63, 3.8) is 0 Å². The summed E-state index contributed by atoms with van der Waals surface area (Å²) in [6.07, 6.45) is 5.49. The van der Waals surface area contributed by atoms with Crippen molar-refractivity contribution in [1.82, 2.24) is 10.3 Å². The highest BCUT2D eigenvalue weighted by molar-refractivity contribution is 7.18. The molecule has 0 bridgehead atoms. The summed E-state index contributed by atoms with van der Waals surface area (Å²) < 4.78 is 1.24. The van der Waals surface area contributed by atoms with Crippen LogP contribution in [0.5, 0.6) is 0 Å². The minimum absolute atomic E-state index is 0.164. The monoisotopic (exact) mass is 352 g/mol. The van der Waals surface area contributed by atoms with E-state index in [-0.39, 0.29) is 5.91 Å². The highest BCUT2D eigenvalue weighted by Crippen LogP contribution is 2.22. The molecule has 1 aromatic heterocycles. The van der Waals surface area contributed by atoms with Crippen molar-refractivity contribution in [3.05, 3.63) is 65.2 Å². The second-order valence-electron chi connectivity index (χ2n) is 6.22. The van der Waals surface area contributed by atoms with E-state index in [2.05, 4.69) is 46.7 Å². The molecule has 0 aliphatic carbocycles. The Kier molecular flexibility index (Phi) is 6.57. The van der Waals surface area contributed by atoms with Gasteiger partial charge < -0.3 is 5.32 Å². The van der Waals surface area contributed by atoms with E-state index in [9.17, 15) is 4.79 Å². The maximum absolute atomic E-state index is 11.9. The van der Waals surface area contributed by atoms with Gasteiger partial charge in [-0.05, 0) is 49.8 Å². The second-order valence-corrected chi connectivity index (χ2v) is 7.34. The number of benzene rings is 2.